The minimum atomic E-state index is -0.449. The molecule has 0 unspecified atom stereocenters. The smallest absolute Gasteiger partial charge is 0.171 e. The summed E-state index contributed by atoms with van der Waals surface area (Å²) in [4.78, 5) is 16.7. The molecule has 92 valence electrons. The van der Waals surface area contributed by atoms with E-state index in [1.807, 2.05) is 19.1 Å². The Balaban J connectivity index is 2.25. The van der Waals surface area contributed by atoms with E-state index in [2.05, 4.69) is 4.98 Å². The Labute approximate surface area is 101 Å². The van der Waals surface area contributed by atoms with Gasteiger partial charge in [-0.2, -0.15) is 0 Å². The van der Waals surface area contributed by atoms with Crippen molar-refractivity contribution in [3.63, 3.8) is 0 Å². The van der Waals surface area contributed by atoms with Crippen molar-refractivity contribution in [2.45, 2.75) is 19.8 Å². The Morgan fingerprint density at radius 2 is 2.18 bits per heavy atom. The molecule has 4 heteroatoms. The summed E-state index contributed by atoms with van der Waals surface area (Å²) in [6.45, 7) is 3.51. The third-order valence-corrected chi connectivity index (χ3v) is 3.50. The number of ketones is 1. The van der Waals surface area contributed by atoms with Gasteiger partial charge < -0.3 is 10.5 Å². The van der Waals surface area contributed by atoms with Gasteiger partial charge in [0, 0.05) is 37.2 Å². The van der Waals surface area contributed by atoms with Crippen LogP contribution >= 0.6 is 0 Å². The molecular formula is C13H18N2O2. The molecule has 0 spiro atoms. The van der Waals surface area contributed by atoms with E-state index in [4.69, 9.17) is 10.5 Å². The van der Waals surface area contributed by atoms with Crippen LogP contribution in [0, 0.1) is 12.3 Å². The van der Waals surface area contributed by atoms with Crippen LogP contribution in [0.2, 0.25) is 0 Å². The standard InChI is InChI=1S/C13H18N2O2/c1-10-2-3-11(8-15-10)12(16)13(9-14)4-6-17-7-5-13/h2-3,8H,4-7,9,14H2,1H3. The minimum Gasteiger partial charge on any atom is -0.381 e. The van der Waals surface area contributed by atoms with Gasteiger partial charge in [-0.15, -0.1) is 0 Å². The molecule has 0 aromatic carbocycles. The van der Waals surface area contributed by atoms with Gasteiger partial charge in [0.05, 0.1) is 5.41 Å². The van der Waals surface area contributed by atoms with Crippen molar-refractivity contribution >= 4 is 5.78 Å². The number of ether oxygens (including phenoxy) is 1. The van der Waals surface area contributed by atoms with E-state index >= 15 is 0 Å². The molecule has 0 aliphatic carbocycles. The van der Waals surface area contributed by atoms with Crippen LogP contribution in [0.15, 0.2) is 18.3 Å². The van der Waals surface area contributed by atoms with Gasteiger partial charge in [-0.1, -0.05) is 0 Å². The number of carbonyl (C=O) groups excluding carboxylic acids is 1. The number of pyridine rings is 1. The maximum Gasteiger partial charge on any atom is 0.171 e. The summed E-state index contributed by atoms with van der Waals surface area (Å²) < 4.78 is 5.31. The van der Waals surface area contributed by atoms with Gasteiger partial charge in [-0.25, -0.2) is 0 Å². The van der Waals surface area contributed by atoms with Gasteiger partial charge in [0.2, 0.25) is 0 Å². The maximum absolute atomic E-state index is 12.5. The molecular weight excluding hydrogens is 216 g/mol. The van der Waals surface area contributed by atoms with Gasteiger partial charge in [0.1, 0.15) is 0 Å². The first-order valence-corrected chi connectivity index (χ1v) is 5.93. The number of hydrogen-bond donors (Lipinski definition) is 1. The van der Waals surface area contributed by atoms with Crippen molar-refractivity contribution in [2.75, 3.05) is 19.8 Å². The van der Waals surface area contributed by atoms with Crippen LogP contribution in [-0.2, 0) is 4.74 Å². The van der Waals surface area contributed by atoms with Crippen molar-refractivity contribution < 1.29 is 9.53 Å². The molecule has 0 radical (unpaired) electrons. The number of nitrogens with two attached hydrogens (primary N) is 1. The zero-order chi connectivity index (χ0) is 12.3. The Morgan fingerprint density at radius 3 is 2.71 bits per heavy atom. The molecule has 2 heterocycles. The lowest BCUT2D eigenvalue weighted by atomic mass is 9.74. The van der Waals surface area contributed by atoms with Crippen LogP contribution in [0.4, 0.5) is 0 Å². The summed E-state index contributed by atoms with van der Waals surface area (Å²) in [5.41, 5.74) is 6.93. The predicted molar refractivity (Wildman–Crippen MR) is 64.8 cm³/mol. The SMILES string of the molecule is Cc1ccc(C(=O)C2(CN)CCOCC2)cn1. The molecule has 1 aromatic rings. The predicted octanol–water partition coefficient (Wildman–Crippen LogP) is 1.33. The molecule has 2 rings (SSSR count). The molecule has 0 amide bonds. The number of carbonyl (C=O) groups is 1. The average Bonchev–Trinajstić information content (AvgIpc) is 2.39. The van der Waals surface area contributed by atoms with Crippen LogP contribution in [0.3, 0.4) is 0 Å². The highest BCUT2D eigenvalue weighted by molar-refractivity contribution is 6.00. The molecule has 17 heavy (non-hydrogen) atoms. The molecule has 1 aliphatic heterocycles. The van der Waals surface area contributed by atoms with Gasteiger partial charge in [-0.3, -0.25) is 9.78 Å². The van der Waals surface area contributed by atoms with Crippen LogP contribution < -0.4 is 5.73 Å². The van der Waals surface area contributed by atoms with E-state index in [1.165, 1.54) is 0 Å². The minimum absolute atomic E-state index is 0.107. The molecule has 0 bridgehead atoms. The van der Waals surface area contributed by atoms with E-state index in [0.29, 0.717) is 38.2 Å². The highest BCUT2D eigenvalue weighted by Gasteiger charge is 2.39. The zero-order valence-electron chi connectivity index (χ0n) is 10.1. The molecule has 0 atom stereocenters. The van der Waals surface area contributed by atoms with Crippen molar-refractivity contribution in [2.24, 2.45) is 11.1 Å². The normalized spacial score (nSPS) is 18.9. The molecule has 1 fully saturated rings. The van der Waals surface area contributed by atoms with Crippen LogP contribution in [0.25, 0.3) is 0 Å². The second-order valence-electron chi connectivity index (χ2n) is 4.61. The number of hydrogen-bond acceptors (Lipinski definition) is 4. The maximum atomic E-state index is 12.5. The molecule has 4 nitrogen and oxygen atoms in total. The third-order valence-electron chi connectivity index (χ3n) is 3.50. The molecule has 1 aromatic heterocycles. The summed E-state index contributed by atoms with van der Waals surface area (Å²) in [6, 6.07) is 3.69. The zero-order valence-corrected chi connectivity index (χ0v) is 10.1. The Kier molecular flexibility index (Phi) is 3.54. The summed E-state index contributed by atoms with van der Waals surface area (Å²) in [7, 11) is 0. The van der Waals surface area contributed by atoms with E-state index in [9.17, 15) is 4.79 Å². The topological polar surface area (TPSA) is 65.2 Å². The summed E-state index contributed by atoms with van der Waals surface area (Å²) >= 11 is 0. The second kappa shape index (κ2) is 4.94. The van der Waals surface area contributed by atoms with Crippen molar-refractivity contribution in [1.82, 2.24) is 4.98 Å². The lowest BCUT2D eigenvalue weighted by Gasteiger charge is -2.34. The van der Waals surface area contributed by atoms with Gasteiger partial charge >= 0.3 is 0 Å². The first kappa shape index (κ1) is 12.2. The van der Waals surface area contributed by atoms with Crippen molar-refractivity contribution in [3.8, 4) is 0 Å². The fourth-order valence-corrected chi connectivity index (χ4v) is 2.19. The quantitative estimate of drug-likeness (QED) is 0.801. The Morgan fingerprint density at radius 1 is 1.47 bits per heavy atom. The third kappa shape index (κ3) is 2.37. The highest BCUT2D eigenvalue weighted by Crippen LogP contribution is 2.33. The summed E-state index contributed by atoms with van der Waals surface area (Å²) in [6.07, 6.45) is 3.05. The molecule has 1 aliphatic rings. The van der Waals surface area contributed by atoms with Crippen molar-refractivity contribution in [1.29, 1.82) is 0 Å². The highest BCUT2D eigenvalue weighted by atomic mass is 16.5. The summed E-state index contributed by atoms with van der Waals surface area (Å²) in [5.74, 6) is 0.107. The van der Waals surface area contributed by atoms with Crippen molar-refractivity contribution in [3.05, 3.63) is 29.6 Å². The Hall–Kier alpha value is -1.26. The average molecular weight is 234 g/mol. The molecule has 0 saturated carbocycles. The van der Waals surface area contributed by atoms with Crippen LogP contribution in [0.1, 0.15) is 28.9 Å². The van der Waals surface area contributed by atoms with Crippen LogP contribution in [0.5, 0.6) is 0 Å². The summed E-state index contributed by atoms with van der Waals surface area (Å²) in [5, 5.41) is 0. The number of nitrogens with zero attached hydrogens (tertiary/aromatic N) is 1. The second-order valence-corrected chi connectivity index (χ2v) is 4.61. The van der Waals surface area contributed by atoms with Gasteiger partial charge in [0.25, 0.3) is 0 Å². The number of rotatable bonds is 3. The van der Waals surface area contributed by atoms with E-state index in [0.717, 1.165) is 5.69 Å². The number of aromatic nitrogens is 1. The van der Waals surface area contributed by atoms with Gasteiger partial charge in [-0.05, 0) is 31.9 Å². The molecule has 2 N–H and O–H groups in total. The van der Waals surface area contributed by atoms with E-state index < -0.39 is 5.41 Å². The number of Topliss-reactive ketones (excluding diaryl/α,β-unsaturated/α-hetero) is 1. The van der Waals surface area contributed by atoms with Crippen LogP contribution in [-0.4, -0.2) is 30.5 Å². The lowest BCUT2D eigenvalue weighted by molar-refractivity contribution is 0.0200. The van der Waals surface area contributed by atoms with Gasteiger partial charge in [0.15, 0.2) is 5.78 Å². The largest absolute Gasteiger partial charge is 0.381 e. The fourth-order valence-electron chi connectivity index (χ4n) is 2.19. The molecule has 1 saturated heterocycles. The first-order valence-electron chi connectivity index (χ1n) is 5.93. The Bertz CT molecular complexity index is 394. The number of aryl methyl sites for hydroxylation is 1. The monoisotopic (exact) mass is 234 g/mol. The first-order chi connectivity index (χ1) is 8.18. The fraction of sp³-hybridized carbons (Fsp3) is 0.538. The van der Waals surface area contributed by atoms with E-state index in [-0.39, 0.29) is 5.78 Å². The lowest BCUT2D eigenvalue weighted by Crippen LogP contribution is -2.43. The van der Waals surface area contributed by atoms with E-state index in [1.54, 1.807) is 6.20 Å².